The lowest BCUT2D eigenvalue weighted by atomic mass is 10.1. The lowest BCUT2D eigenvalue weighted by Gasteiger charge is -2.39. The number of hydrogen-bond donors (Lipinski definition) is 0. The summed E-state index contributed by atoms with van der Waals surface area (Å²) in [5.74, 6) is 0. The van der Waals surface area contributed by atoms with Crippen molar-refractivity contribution in [1.82, 2.24) is 9.21 Å². The zero-order valence-corrected chi connectivity index (χ0v) is 16.9. The van der Waals surface area contributed by atoms with Crippen molar-refractivity contribution in [3.05, 3.63) is 69.2 Å². The first-order valence-electron chi connectivity index (χ1n) is 8.00. The third-order valence-electron chi connectivity index (χ3n) is 4.42. The Bertz CT molecular complexity index is 925. The van der Waals surface area contributed by atoms with Crippen LogP contribution >= 0.6 is 24.0 Å². The van der Waals surface area contributed by atoms with E-state index in [1.807, 2.05) is 42.3 Å². The van der Waals surface area contributed by atoms with Crippen LogP contribution < -0.4 is 0 Å². The van der Waals surface area contributed by atoms with Gasteiger partial charge in [-0.2, -0.15) is 4.31 Å². The smallest absolute Gasteiger partial charge is 0.290 e. The van der Waals surface area contributed by atoms with E-state index in [0.29, 0.717) is 13.1 Å². The molecule has 0 aromatic heterocycles. The molecule has 0 amide bonds. The van der Waals surface area contributed by atoms with Crippen LogP contribution in [0, 0.1) is 10.1 Å². The second-order valence-corrected chi connectivity index (χ2v) is 8.47. The van der Waals surface area contributed by atoms with Gasteiger partial charge in [-0.15, -0.1) is 12.4 Å². The Morgan fingerprint density at radius 3 is 2.44 bits per heavy atom. The van der Waals surface area contributed by atoms with Gasteiger partial charge in [-0.3, -0.25) is 10.1 Å². The van der Waals surface area contributed by atoms with Gasteiger partial charge >= 0.3 is 0 Å². The van der Waals surface area contributed by atoms with Crippen molar-refractivity contribution in [1.29, 1.82) is 0 Å². The van der Waals surface area contributed by atoms with E-state index in [1.54, 1.807) is 0 Å². The Morgan fingerprint density at radius 1 is 1.15 bits per heavy atom. The molecule has 7 nitrogen and oxygen atoms in total. The van der Waals surface area contributed by atoms with Crippen LogP contribution in [0.5, 0.6) is 0 Å². The van der Waals surface area contributed by atoms with Gasteiger partial charge in [-0.1, -0.05) is 41.9 Å². The Labute approximate surface area is 169 Å². The van der Waals surface area contributed by atoms with Crippen LogP contribution in [0.2, 0.25) is 5.02 Å². The first-order valence-corrected chi connectivity index (χ1v) is 9.82. The van der Waals surface area contributed by atoms with Crippen LogP contribution in [0.4, 0.5) is 5.69 Å². The third-order valence-corrected chi connectivity index (χ3v) is 6.61. The number of nitrogens with zero attached hydrogens (tertiary/aromatic N) is 3. The van der Waals surface area contributed by atoms with Crippen molar-refractivity contribution in [2.75, 3.05) is 26.7 Å². The molecule has 0 spiro atoms. The largest absolute Gasteiger partial charge is 0.303 e. The number of halogens is 2. The average molecular weight is 432 g/mol. The minimum atomic E-state index is -4.07. The highest BCUT2D eigenvalue weighted by Gasteiger charge is 2.39. The summed E-state index contributed by atoms with van der Waals surface area (Å²) in [7, 11) is -2.15. The molecule has 0 N–H and O–H groups in total. The van der Waals surface area contributed by atoms with E-state index in [0.717, 1.165) is 11.6 Å². The number of likely N-dealkylation sites (N-methyl/N-ethyl adjacent to an activating group) is 1. The van der Waals surface area contributed by atoms with Crippen molar-refractivity contribution >= 4 is 39.7 Å². The maximum Gasteiger partial charge on any atom is 0.290 e. The van der Waals surface area contributed by atoms with Crippen LogP contribution in [-0.4, -0.2) is 49.2 Å². The monoisotopic (exact) mass is 431 g/mol. The summed E-state index contributed by atoms with van der Waals surface area (Å²) in [4.78, 5) is 12.4. The van der Waals surface area contributed by atoms with Crippen LogP contribution in [0.25, 0.3) is 0 Å². The molecule has 1 unspecified atom stereocenters. The topological polar surface area (TPSA) is 83.8 Å². The van der Waals surface area contributed by atoms with Crippen molar-refractivity contribution in [2.24, 2.45) is 0 Å². The Hall–Kier alpha value is -1.71. The quantitative estimate of drug-likeness (QED) is 0.547. The zero-order valence-electron chi connectivity index (χ0n) is 14.5. The Balaban J connectivity index is 0.00000261. The second-order valence-electron chi connectivity index (χ2n) is 6.17. The van der Waals surface area contributed by atoms with E-state index in [9.17, 15) is 18.5 Å². The van der Waals surface area contributed by atoms with Gasteiger partial charge in [-0.25, -0.2) is 8.42 Å². The van der Waals surface area contributed by atoms with Gasteiger partial charge in [0.05, 0.1) is 11.0 Å². The van der Waals surface area contributed by atoms with Crippen LogP contribution in [-0.2, 0) is 10.0 Å². The fraction of sp³-hybridized carbons (Fsp3) is 0.294. The summed E-state index contributed by atoms with van der Waals surface area (Å²) < 4.78 is 27.9. The molecule has 2 aromatic rings. The highest BCUT2D eigenvalue weighted by Crippen LogP contribution is 2.35. The molecular weight excluding hydrogens is 413 g/mol. The molecule has 1 saturated heterocycles. The van der Waals surface area contributed by atoms with Crippen LogP contribution in [0.1, 0.15) is 11.6 Å². The number of sulfonamides is 1. The van der Waals surface area contributed by atoms with E-state index in [4.69, 9.17) is 11.6 Å². The molecule has 27 heavy (non-hydrogen) atoms. The van der Waals surface area contributed by atoms with Gasteiger partial charge in [0.2, 0.25) is 0 Å². The average Bonchev–Trinajstić information content (AvgIpc) is 2.61. The molecule has 0 aliphatic carbocycles. The zero-order chi connectivity index (χ0) is 18.9. The minimum absolute atomic E-state index is 0. The van der Waals surface area contributed by atoms with Gasteiger partial charge in [0.25, 0.3) is 15.7 Å². The summed E-state index contributed by atoms with van der Waals surface area (Å²) in [6.45, 7) is 1.30. The molecule has 1 aliphatic heterocycles. The molecule has 0 radical (unpaired) electrons. The first-order chi connectivity index (χ1) is 12.3. The number of rotatable bonds is 4. The molecule has 1 fully saturated rings. The molecule has 146 valence electrons. The molecule has 1 aliphatic rings. The molecule has 2 aromatic carbocycles. The fourth-order valence-electron chi connectivity index (χ4n) is 3.11. The van der Waals surface area contributed by atoms with Crippen molar-refractivity contribution in [3.8, 4) is 0 Å². The summed E-state index contributed by atoms with van der Waals surface area (Å²) in [5.41, 5.74) is 0.336. The van der Waals surface area contributed by atoms with E-state index in [-0.39, 0.29) is 28.9 Å². The highest BCUT2D eigenvalue weighted by atomic mass is 35.5. The first kappa shape index (κ1) is 21.6. The summed E-state index contributed by atoms with van der Waals surface area (Å²) >= 11 is 5.82. The van der Waals surface area contributed by atoms with Gasteiger partial charge in [-0.05, 0) is 24.7 Å². The standard InChI is InChI=1S/C17H18ClN3O4S.ClH/c1-19-9-10-20(16(12-19)13-5-3-2-4-6-13)26(24,25)17-8-7-14(18)11-15(17)21(22)23;/h2-8,11,16H,9-10,12H2,1H3;1H. The third kappa shape index (κ3) is 4.41. The summed E-state index contributed by atoms with van der Waals surface area (Å²) in [6.07, 6.45) is 0. The van der Waals surface area contributed by atoms with E-state index in [1.165, 1.54) is 16.4 Å². The summed E-state index contributed by atoms with van der Waals surface area (Å²) in [5, 5.41) is 11.5. The second kappa shape index (κ2) is 8.53. The molecule has 0 bridgehead atoms. The normalized spacial score (nSPS) is 18.7. The van der Waals surface area contributed by atoms with Crippen molar-refractivity contribution in [3.63, 3.8) is 0 Å². The highest BCUT2D eigenvalue weighted by molar-refractivity contribution is 7.89. The van der Waals surface area contributed by atoms with Crippen LogP contribution in [0.3, 0.4) is 0 Å². The summed E-state index contributed by atoms with van der Waals surface area (Å²) in [6, 6.07) is 12.5. The maximum atomic E-state index is 13.3. The van der Waals surface area contributed by atoms with Crippen LogP contribution in [0.15, 0.2) is 53.4 Å². The Morgan fingerprint density at radius 2 is 1.81 bits per heavy atom. The van der Waals surface area contributed by atoms with Crippen molar-refractivity contribution in [2.45, 2.75) is 10.9 Å². The Kier molecular flexibility index (Phi) is 6.82. The van der Waals surface area contributed by atoms with E-state index in [2.05, 4.69) is 0 Å². The van der Waals surface area contributed by atoms with E-state index < -0.39 is 26.7 Å². The molecule has 3 rings (SSSR count). The molecule has 1 heterocycles. The molecule has 10 heteroatoms. The van der Waals surface area contributed by atoms with Gasteiger partial charge in [0.1, 0.15) is 0 Å². The number of benzene rings is 2. The minimum Gasteiger partial charge on any atom is -0.303 e. The molecular formula is C17H19Cl2N3O4S. The fourth-order valence-corrected chi connectivity index (χ4v) is 5.02. The molecule has 1 atom stereocenters. The van der Waals surface area contributed by atoms with Crippen molar-refractivity contribution < 1.29 is 13.3 Å². The predicted molar refractivity (Wildman–Crippen MR) is 106 cm³/mol. The number of nitro benzene ring substituents is 1. The van der Waals surface area contributed by atoms with Gasteiger partial charge in [0, 0.05) is 30.7 Å². The predicted octanol–water partition coefficient (Wildman–Crippen LogP) is 3.35. The lowest BCUT2D eigenvalue weighted by molar-refractivity contribution is -0.387. The van der Waals surface area contributed by atoms with E-state index >= 15 is 0 Å². The SMILES string of the molecule is CN1CCN(S(=O)(=O)c2ccc(Cl)cc2[N+](=O)[O-])C(c2ccccc2)C1.Cl. The van der Waals surface area contributed by atoms with Gasteiger partial charge < -0.3 is 4.90 Å². The van der Waals surface area contributed by atoms with Gasteiger partial charge in [0.15, 0.2) is 4.90 Å². The molecule has 0 saturated carbocycles. The number of hydrogen-bond acceptors (Lipinski definition) is 5. The number of piperazine rings is 1. The number of nitro groups is 1. The lowest BCUT2D eigenvalue weighted by Crippen LogP contribution is -2.49. The maximum absolute atomic E-state index is 13.3.